The predicted molar refractivity (Wildman–Crippen MR) is 138 cm³/mol. The zero-order valence-corrected chi connectivity index (χ0v) is 21.8. The highest BCUT2D eigenvalue weighted by Gasteiger charge is 2.36. The lowest BCUT2D eigenvalue weighted by Gasteiger charge is -2.40. The Hall–Kier alpha value is -0.990. The number of unbranched alkanes of at least 4 members (excludes halogenated alkanes) is 7. The van der Waals surface area contributed by atoms with E-state index in [4.69, 9.17) is 0 Å². The number of benzene rings is 1. The van der Waals surface area contributed by atoms with Crippen LogP contribution in [0.25, 0.3) is 0 Å². The molecule has 34 heavy (non-hydrogen) atoms. The Morgan fingerprint density at radius 1 is 0.588 bits per heavy atom. The molecule has 1 aromatic carbocycles. The molecule has 0 unspecified atom stereocenters. The molecule has 0 nitrogen and oxygen atoms in total. The molecule has 3 heteroatoms. The third-order valence-corrected chi connectivity index (χ3v) is 9.24. The normalized spacial score (nSPS) is 19.9. The maximum absolute atomic E-state index is 14.1. The van der Waals surface area contributed by atoms with Crippen molar-refractivity contribution < 1.29 is 13.2 Å². The van der Waals surface area contributed by atoms with E-state index in [9.17, 15) is 13.2 Å². The van der Waals surface area contributed by atoms with Crippen LogP contribution in [0.1, 0.15) is 154 Å². The van der Waals surface area contributed by atoms with E-state index in [1.54, 1.807) is 0 Å². The molecule has 0 aromatic heterocycles. The summed E-state index contributed by atoms with van der Waals surface area (Å²) in [5.74, 6) is -3.40. The van der Waals surface area contributed by atoms with Crippen LogP contribution in [0.5, 0.6) is 0 Å². The molecule has 2 saturated carbocycles. The zero-order chi connectivity index (χ0) is 24.3. The highest BCUT2D eigenvalue weighted by molar-refractivity contribution is 5.28. The minimum absolute atomic E-state index is 0.175. The summed E-state index contributed by atoms with van der Waals surface area (Å²) in [7, 11) is 0. The topological polar surface area (TPSA) is 0 Å². The van der Waals surface area contributed by atoms with E-state index in [0.717, 1.165) is 38.5 Å². The quantitative estimate of drug-likeness (QED) is 0.184. The van der Waals surface area contributed by atoms with Crippen molar-refractivity contribution in [3.63, 3.8) is 0 Å². The van der Waals surface area contributed by atoms with Gasteiger partial charge in [0.05, 0.1) is 0 Å². The SMILES string of the molecule is CCCCCCCCCC1(CCCCC2(c3cc(F)c(F)c(F)c3)CCCCC2)CCCCC1. The van der Waals surface area contributed by atoms with Gasteiger partial charge in [0.25, 0.3) is 0 Å². The molecule has 1 aromatic rings. The Morgan fingerprint density at radius 3 is 1.65 bits per heavy atom. The van der Waals surface area contributed by atoms with E-state index in [2.05, 4.69) is 6.92 Å². The van der Waals surface area contributed by atoms with E-state index in [1.165, 1.54) is 115 Å². The average Bonchev–Trinajstić information content (AvgIpc) is 2.85. The summed E-state index contributed by atoms with van der Waals surface area (Å²) in [4.78, 5) is 0. The van der Waals surface area contributed by atoms with Crippen LogP contribution in [0.4, 0.5) is 13.2 Å². The lowest BCUT2D eigenvalue weighted by molar-refractivity contribution is 0.143. The highest BCUT2D eigenvalue weighted by atomic mass is 19.2. The van der Waals surface area contributed by atoms with Crippen LogP contribution in [0.15, 0.2) is 12.1 Å². The molecule has 3 rings (SSSR count). The second-order valence-corrected chi connectivity index (χ2v) is 11.7. The smallest absolute Gasteiger partial charge is 0.194 e. The molecule has 0 heterocycles. The van der Waals surface area contributed by atoms with E-state index < -0.39 is 17.5 Å². The Balaban J connectivity index is 1.53. The highest BCUT2D eigenvalue weighted by Crippen LogP contribution is 2.47. The van der Waals surface area contributed by atoms with E-state index in [1.807, 2.05) is 0 Å². The van der Waals surface area contributed by atoms with Crippen molar-refractivity contribution in [1.82, 2.24) is 0 Å². The van der Waals surface area contributed by atoms with E-state index in [0.29, 0.717) is 11.0 Å². The lowest BCUT2D eigenvalue weighted by atomic mass is 9.65. The third-order valence-electron chi connectivity index (χ3n) is 9.24. The molecule has 0 aliphatic heterocycles. The van der Waals surface area contributed by atoms with Gasteiger partial charge in [-0.2, -0.15) is 0 Å². The van der Waals surface area contributed by atoms with Crippen molar-refractivity contribution in [2.75, 3.05) is 0 Å². The molecule has 2 fully saturated rings. The fourth-order valence-electron chi connectivity index (χ4n) is 7.12. The van der Waals surface area contributed by atoms with Crippen LogP contribution in [-0.4, -0.2) is 0 Å². The first-order valence-electron chi connectivity index (χ1n) is 14.7. The summed E-state index contributed by atoms with van der Waals surface area (Å²) >= 11 is 0. The Kier molecular flexibility index (Phi) is 11.3. The first-order chi connectivity index (χ1) is 16.5. The summed E-state index contributed by atoms with van der Waals surface area (Å²) in [6, 6.07) is 2.57. The molecule has 0 atom stereocenters. The Labute approximate surface area is 207 Å². The van der Waals surface area contributed by atoms with Crippen LogP contribution >= 0.6 is 0 Å². The van der Waals surface area contributed by atoms with Gasteiger partial charge < -0.3 is 0 Å². The van der Waals surface area contributed by atoms with Crippen LogP contribution in [0, 0.1) is 22.9 Å². The molecule has 2 aliphatic carbocycles. The maximum atomic E-state index is 14.1. The number of hydrogen-bond acceptors (Lipinski definition) is 0. The Morgan fingerprint density at radius 2 is 1.06 bits per heavy atom. The average molecular weight is 479 g/mol. The number of hydrogen-bond donors (Lipinski definition) is 0. The number of rotatable bonds is 14. The summed E-state index contributed by atoms with van der Waals surface area (Å²) in [6.45, 7) is 2.28. The Bertz CT molecular complexity index is 690. The van der Waals surface area contributed by atoms with Crippen LogP contribution in [-0.2, 0) is 5.41 Å². The van der Waals surface area contributed by atoms with E-state index >= 15 is 0 Å². The fraction of sp³-hybridized carbons (Fsp3) is 0.806. The standard InChI is InChI=1S/C31H49F3/c1-2-3-4-5-6-7-10-17-30(18-11-8-12-19-30)20-15-16-23-31(21-13-9-14-22-31)26-24-27(32)29(34)28(33)25-26/h24-25H,2-23H2,1H3. The van der Waals surface area contributed by atoms with Crippen molar-refractivity contribution in [3.05, 3.63) is 35.1 Å². The van der Waals surface area contributed by atoms with Crippen molar-refractivity contribution >= 4 is 0 Å². The van der Waals surface area contributed by atoms with Crippen LogP contribution in [0.3, 0.4) is 0 Å². The summed E-state index contributed by atoms with van der Waals surface area (Å²) in [5.41, 5.74) is 1.06. The van der Waals surface area contributed by atoms with Crippen molar-refractivity contribution in [3.8, 4) is 0 Å². The van der Waals surface area contributed by atoms with Crippen molar-refractivity contribution in [2.45, 2.75) is 154 Å². The van der Waals surface area contributed by atoms with Crippen LogP contribution < -0.4 is 0 Å². The zero-order valence-electron chi connectivity index (χ0n) is 21.8. The molecule has 0 radical (unpaired) electrons. The van der Waals surface area contributed by atoms with Crippen molar-refractivity contribution in [2.24, 2.45) is 5.41 Å². The maximum Gasteiger partial charge on any atom is 0.194 e. The molecular formula is C31H49F3. The predicted octanol–water partition coefficient (Wildman–Crippen LogP) is 11.0. The van der Waals surface area contributed by atoms with Gasteiger partial charge in [-0.3, -0.25) is 0 Å². The van der Waals surface area contributed by atoms with Gasteiger partial charge in [-0.1, -0.05) is 103 Å². The van der Waals surface area contributed by atoms with Gasteiger partial charge in [0, 0.05) is 0 Å². The summed E-state index contributed by atoms with van der Waals surface area (Å²) < 4.78 is 41.7. The van der Waals surface area contributed by atoms with Gasteiger partial charge in [0.15, 0.2) is 17.5 Å². The molecule has 194 valence electrons. The van der Waals surface area contributed by atoms with Crippen molar-refractivity contribution in [1.29, 1.82) is 0 Å². The molecule has 0 bridgehead atoms. The second kappa shape index (κ2) is 13.9. The van der Waals surface area contributed by atoms with Gasteiger partial charge in [-0.15, -0.1) is 0 Å². The first kappa shape index (κ1) is 27.6. The monoisotopic (exact) mass is 478 g/mol. The first-order valence-corrected chi connectivity index (χ1v) is 14.7. The molecule has 0 amide bonds. The van der Waals surface area contributed by atoms with Crippen LogP contribution in [0.2, 0.25) is 0 Å². The lowest BCUT2D eigenvalue weighted by Crippen LogP contribution is -2.30. The van der Waals surface area contributed by atoms with Gasteiger partial charge in [-0.25, -0.2) is 13.2 Å². The molecule has 0 saturated heterocycles. The molecule has 2 aliphatic rings. The number of halogens is 3. The fourth-order valence-corrected chi connectivity index (χ4v) is 7.12. The largest absolute Gasteiger partial charge is 0.204 e. The third kappa shape index (κ3) is 7.76. The summed E-state index contributed by atoms with van der Waals surface area (Å²) in [6.07, 6.45) is 27.9. The van der Waals surface area contributed by atoms with Gasteiger partial charge in [0.1, 0.15) is 0 Å². The minimum Gasteiger partial charge on any atom is -0.204 e. The van der Waals surface area contributed by atoms with Gasteiger partial charge >= 0.3 is 0 Å². The summed E-state index contributed by atoms with van der Waals surface area (Å²) in [5, 5.41) is 0. The van der Waals surface area contributed by atoms with Gasteiger partial charge in [0.2, 0.25) is 0 Å². The minimum atomic E-state index is -1.33. The molecule has 0 N–H and O–H groups in total. The molecule has 0 spiro atoms. The van der Waals surface area contributed by atoms with Gasteiger partial charge in [-0.05, 0) is 73.5 Å². The van der Waals surface area contributed by atoms with E-state index in [-0.39, 0.29) is 5.41 Å². The molecular weight excluding hydrogens is 429 g/mol. The second-order valence-electron chi connectivity index (χ2n) is 11.7.